The minimum absolute atomic E-state index is 0.130. The van der Waals surface area contributed by atoms with E-state index in [4.69, 9.17) is 11.6 Å². The third-order valence-corrected chi connectivity index (χ3v) is 6.01. The fraction of sp³-hybridized carbons (Fsp3) is 0.391. The summed E-state index contributed by atoms with van der Waals surface area (Å²) in [6.07, 6.45) is 0.451. The predicted octanol–water partition coefficient (Wildman–Crippen LogP) is 3.80. The number of nitrogens with zero attached hydrogens (tertiary/aromatic N) is 6. The molecule has 10 heteroatoms. The molecule has 1 aromatic carbocycles. The Balaban J connectivity index is 1.75. The SMILES string of the molecule is Cc1cc(C)n(-c2nc(C)c(Cl)c(Nc3ccc4c(c3)n(CCC(C)(C)O)c(=O)n4C)n2)n1. The summed E-state index contributed by atoms with van der Waals surface area (Å²) in [6, 6.07) is 7.59. The van der Waals surface area contributed by atoms with Gasteiger partial charge in [-0.1, -0.05) is 11.6 Å². The van der Waals surface area contributed by atoms with Gasteiger partial charge >= 0.3 is 5.69 Å². The smallest absolute Gasteiger partial charge is 0.328 e. The normalized spacial score (nSPS) is 12.0. The number of benzene rings is 1. The number of aliphatic hydroxyl groups is 1. The van der Waals surface area contributed by atoms with Gasteiger partial charge in [0.05, 0.1) is 28.0 Å². The summed E-state index contributed by atoms with van der Waals surface area (Å²) in [4.78, 5) is 21.9. The summed E-state index contributed by atoms with van der Waals surface area (Å²) in [5.74, 6) is 0.875. The van der Waals surface area contributed by atoms with Gasteiger partial charge in [0.15, 0.2) is 5.82 Å². The Bertz CT molecular complexity index is 1410. The lowest BCUT2D eigenvalue weighted by atomic mass is 10.1. The Morgan fingerprint density at radius 1 is 1.12 bits per heavy atom. The Kier molecular flexibility index (Phi) is 5.79. The van der Waals surface area contributed by atoms with Crippen molar-refractivity contribution in [3.63, 3.8) is 0 Å². The zero-order valence-corrected chi connectivity index (χ0v) is 20.4. The van der Waals surface area contributed by atoms with Crippen LogP contribution in [0.1, 0.15) is 37.4 Å². The second-order valence-corrected chi connectivity index (χ2v) is 9.37. The van der Waals surface area contributed by atoms with Crippen LogP contribution in [0.3, 0.4) is 0 Å². The second-order valence-electron chi connectivity index (χ2n) is 8.99. The van der Waals surface area contributed by atoms with Crippen molar-refractivity contribution in [1.82, 2.24) is 28.9 Å². The van der Waals surface area contributed by atoms with Gasteiger partial charge in [-0.15, -0.1) is 0 Å². The Labute approximate surface area is 196 Å². The van der Waals surface area contributed by atoms with Gasteiger partial charge in [0, 0.05) is 25.0 Å². The van der Waals surface area contributed by atoms with Crippen LogP contribution in [0.5, 0.6) is 0 Å². The summed E-state index contributed by atoms with van der Waals surface area (Å²) in [5, 5.41) is 18.3. The van der Waals surface area contributed by atoms with Gasteiger partial charge in [0.25, 0.3) is 5.95 Å². The largest absolute Gasteiger partial charge is 0.390 e. The minimum atomic E-state index is -0.872. The van der Waals surface area contributed by atoms with E-state index in [9.17, 15) is 9.90 Å². The molecule has 2 N–H and O–H groups in total. The Hall–Kier alpha value is -3.17. The number of imidazole rings is 1. The lowest BCUT2D eigenvalue weighted by molar-refractivity contribution is 0.0662. The van der Waals surface area contributed by atoms with Gasteiger partial charge in [-0.05, 0) is 65.3 Å². The van der Waals surface area contributed by atoms with Gasteiger partial charge < -0.3 is 10.4 Å². The van der Waals surface area contributed by atoms with Gasteiger partial charge in [-0.2, -0.15) is 10.1 Å². The number of nitrogens with one attached hydrogen (secondary N) is 1. The van der Waals surface area contributed by atoms with Crippen LogP contribution in [0.25, 0.3) is 17.0 Å². The van der Waals surface area contributed by atoms with E-state index in [2.05, 4.69) is 20.4 Å². The van der Waals surface area contributed by atoms with Crippen molar-refractivity contribution in [2.24, 2.45) is 7.05 Å². The molecule has 0 atom stereocenters. The van der Waals surface area contributed by atoms with E-state index in [-0.39, 0.29) is 5.69 Å². The summed E-state index contributed by atoms with van der Waals surface area (Å²) < 4.78 is 4.96. The zero-order valence-electron chi connectivity index (χ0n) is 19.6. The average molecular weight is 470 g/mol. The van der Waals surface area contributed by atoms with Gasteiger partial charge in [-0.3, -0.25) is 9.13 Å². The molecule has 0 amide bonds. The van der Waals surface area contributed by atoms with Crippen LogP contribution in [0, 0.1) is 20.8 Å². The van der Waals surface area contributed by atoms with Gasteiger partial charge in [0.1, 0.15) is 5.02 Å². The first-order valence-electron chi connectivity index (χ1n) is 10.7. The topological polar surface area (TPSA) is 103 Å². The lowest BCUT2D eigenvalue weighted by Gasteiger charge is -2.17. The predicted molar refractivity (Wildman–Crippen MR) is 130 cm³/mol. The van der Waals surface area contributed by atoms with E-state index in [0.717, 1.165) is 28.1 Å². The highest BCUT2D eigenvalue weighted by Gasteiger charge is 2.18. The van der Waals surface area contributed by atoms with E-state index < -0.39 is 5.60 Å². The number of hydrogen-bond donors (Lipinski definition) is 2. The molecule has 0 saturated heterocycles. The number of hydrogen-bond acceptors (Lipinski definition) is 6. The highest BCUT2D eigenvalue weighted by atomic mass is 35.5. The highest BCUT2D eigenvalue weighted by molar-refractivity contribution is 6.33. The number of aromatic nitrogens is 6. The first-order chi connectivity index (χ1) is 15.4. The van der Waals surface area contributed by atoms with Crippen LogP contribution in [-0.4, -0.2) is 39.6 Å². The maximum atomic E-state index is 12.8. The summed E-state index contributed by atoms with van der Waals surface area (Å²) in [6.45, 7) is 9.54. The quantitative estimate of drug-likeness (QED) is 0.445. The maximum absolute atomic E-state index is 12.8. The van der Waals surface area contributed by atoms with Crippen LogP contribution >= 0.6 is 11.6 Å². The summed E-state index contributed by atoms with van der Waals surface area (Å²) in [5.41, 5.74) is 3.70. The second kappa shape index (κ2) is 8.31. The van der Waals surface area contributed by atoms with Crippen molar-refractivity contribution in [3.8, 4) is 5.95 Å². The number of fused-ring (bicyclic) bond motifs is 1. The Morgan fingerprint density at radius 2 is 1.85 bits per heavy atom. The molecule has 0 radical (unpaired) electrons. The van der Waals surface area contributed by atoms with Crippen molar-refractivity contribution in [2.75, 3.05) is 5.32 Å². The van der Waals surface area contributed by atoms with E-state index >= 15 is 0 Å². The monoisotopic (exact) mass is 469 g/mol. The van der Waals surface area contributed by atoms with Crippen molar-refractivity contribution < 1.29 is 5.11 Å². The molecular weight excluding hydrogens is 442 g/mol. The molecule has 33 heavy (non-hydrogen) atoms. The molecule has 0 fully saturated rings. The third kappa shape index (κ3) is 4.51. The average Bonchev–Trinajstić information content (AvgIpc) is 3.19. The van der Waals surface area contributed by atoms with Crippen LogP contribution < -0.4 is 11.0 Å². The van der Waals surface area contributed by atoms with Crippen LogP contribution in [0.2, 0.25) is 5.02 Å². The number of rotatable bonds is 6. The van der Waals surface area contributed by atoms with Gasteiger partial charge in [0.2, 0.25) is 0 Å². The maximum Gasteiger partial charge on any atom is 0.328 e. The van der Waals surface area contributed by atoms with Crippen LogP contribution in [-0.2, 0) is 13.6 Å². The number of halogens is 1. The molecule has 0 aliphatic heterocycles. The first-order valence-corrected chi connectivity index (χ1v) is 11.1. The lowest BCUT2D eigenvalue weighted by Crippen LogP contribution is -2.27. The molecule has 9 nitrogen and oxygen atoms in total. The van der Waals surface area contributed by atoms with E-state index in [0.29, 0.717) is 35.4 Å². The molecule has 0 aliphatic rings. The van der Waals surface area contributed by atoms with E-state index in [1.807, 2.05) is 45.0 Å². The van der Waals surface area contributed by atoms with Crippen LogP contribution in [0.15, 0.2) is 29.1 Å². The molecule has 3 heterocycles. The number of anilines is 2. The third-order valence-electron chi connectivity index (χ3n) is 5.56. The zero-order chi connectivity index (χ0) is 24.1. The molecule has 4 aromatic rings. The molecule has 3 aromatic heterocycles. The van der Waals surface area contributed by atoms with E-state index in [1.165, 1.54) is 0 Å². The summed E-state index contributed by atoms with van der Waals surface area (Å²) >= 11 is 6.52. The van der Waals surface area contributed by atoms with Crippen LogP contribution in [0.4, 0.5) is 11.5 Å². The van der Waals surface area contributed by atoms with Crippen molar-refractivity contribution in [2.45, 2.75) is 53.2 Å². The van der Waals surface area contributed by atoms with Gasteiger partial charge in [-0.25, -0.2) is 14.5 Å². The highest BCUT2D eigenvalue weighted by Crippen LogP contribution is 2.28. The molecule has 4 rings (SSSR count). The molecule has 174 valence electrons. The Morgan fingerprint density at radius 3 is 2.48 bits per heavy atom. The van der Waals surface area contributed by atoms with Crippen molar-refractivity contribution >= 4 is 34.1 Å². The fourth-order valence-corrected chi connectivity index (χ4v) is 3.91. The molecule has 0 spiro atoms. The first kappa shape index (κ1) is 23.0. The summed E-state index contributed by atoms with van der Waals surface area (Å²) in [7, 11) is 1.74. The molecular formula is C23H28ClN7O2. The minimum Gasteiger partial charge on any atom is -0.390 e. The fourth-order valence-electron chi connectivity index (χ4n) is 3.78. The van der Waals surface area contributed by atoms with Crippen molar-refractivity contribution in [3.05, 3.63) is 56.9 Å². The number of aryl methyl sites for hydroxylation is 5. The molecule has 0 bridgehead atoms. The standard InChI is InChI=1S/C23H28ClN7O2/c1-13-11-14(2)31(28-13)21-25-15(3)19(24)20(27-21)26-16-7-8-17-18(12-16)30(22(32)29(17)6)10-9-23(4,5)33/h7-8,11-12,33H,9-10H2,1-6H3,(H,25,26,27). The molecule has 0 saturated carbocycles. The molecule has 0 unspecified atom stereocenters. The molecule has 0 aliphatic carbocycles. The van der Waals surface area contributed by atoms with E-state index in [1.54, 1.807) is 34.7 Å². The van der Waals surface area contributed by atoms with Crippen molar-refractivity contribution in [1.29, 1.82) is 0 Å².